The van der Waals surface area contributed by atoms with Crippen LogP contribution >= 0.6 is 11.8 Å². The van der Waals surface area contributed by atoms with Gasteiger partial charge >= 0.3 is 0 Å². The van der Waals surface area contributed by atoms with Gasteiger partial charge < -0.3 is 10.6 Å². The van der Waals surface area contributed by atoms with Gasteiger partial charge in [0, 0.05) is 13.1 Å². The highest BCUT2D eigenvalue weighted by atomic mass is 32.2. The number of halogens is 1. The molecule has 4 nitrogen and oxygen atoms in total. The quantitative estimate of drug-likeness (QED) is 0.702. The van der Waals surface area contributed by atoms with Gasteiger partial charge in [-0.15, -0.1) is 0 Å². The minimum atomic E-state index is -0.406. The molecule has 2 N–H and O–H groups in total. The summed E-state index contributed by atoms with van der Waals surface area (Å²) >= 11 is 1.82. The fourth-order valence-corrected chi connectivity index (χ4v) is 1.81. The Hall–Kier alpha value is -1.04. The van der Waals surface area contributed by atoms with E-state index in [-0.39, 0.29) is 5.82 Å². The number of nitrogens with zero attached hydrogens (tertiary/aromatic N) is 2. The van der Waals surface area contributed by atoms with Crippen LogP contribution in [-0.2, 0) is 0 Å². The molecule has 0 aliphatic heterocycles. The lowest BCUT2D eigenvalue weighted by Crippen LogP contribution is -2.09. The van der Waals surface area contributed by atoms with Gasteiger partial charge in [-0.2, -0.15) is 16.7 Å². The van der Waals surface area contributed by atoms with Gasteiger partial charge in [0.25, 0.3) is 0 Å². The fourth-order valence-electron chi connectivity index (χ4n) is 1.31. The van der Waals surface area contributed by atoms with Gasteiger partial charge in [-0.1, -0.05) is 0 Å². The zero-order chi connectivity index (χ0) is 12.5. The van der Waals surface area contributed by atoms with Gasteiger partial charge in [-0.25, -0.2) is 9.37 Å². The summed E-state index contributed by atoms with van der Waals surface area (Å²) in [4.78, 5) is 7.91. The summed E-state index contributed by atoms with van der Waals surface area (Å²) < 4.78 is 13.4. The monoisotopic (exact) mass is 258 g/mol. The van der Waals surface area contributed by atoms with Crippen molar-refractivity contribution in [3.8, 4) is 0 Å². The van der Waals surface area contributed by atoms with Gasteiger partial charge in [0.05, 0.1) is 6.20 Å². The lowest BCUT2D eigenvalue weighted by atomic mass is 10.3. The first-order chi connectivity index (χ1) is 8.27. The molecule has 0 saturated heterocycles. The molecule has 0 aliphatic rings. The molecule has 0 atom stereocenters. The first kappa shape index (κ1) is 14.0. The Bertz CT molecular complexity index is 335. The van der Waals surface area contributed by atoms with Gasteiger partial charge in [-0.3, -0.25) is 0 Å². The highest BCUT2D eigenvalue weighted by molar-refractivity contribution is 7.98. The molecule has 1 rings (SSSR count). The third kappa shape index (κ3) is 5.21. The van der Waals surface area contributed by atoms with Crippen LogP contribution in [-0.4, -0.2) is 35.1 Å². The molecule has 0 amide bonds. The Labute approximate surface area is 106 Å². The normalized spacial score (nSPS) is 10.3. The standard InChI is InChI=1S/C11H19FN4S/c1-3-13-11-15-8-9(12)10(16-11)14-6-4-5-7-17-2/h8H,3-7H2,1-2H3,(H2,13,14,15,16). The molecular weight excluding hydrogens is 239 g/mol. The van der Waals surface area contributed by atoms with Gasteiger partial charge in [0.2, 0.25) is 5.95 Å². The SMILES string of the molecule is CCNc1ncc(F)c(NCCCCSC)n1. The van der Waals surface area contributed by atoms with Gasteiger partial charge in [-0.05, 0) is 31.8 Å². The second-order valence-corrected chi connectivity index (χ2v) is 4.53. The van der Waals surface area contributed by atoms with Crippen molar-refractivity contribution in [1.29, 1.82) is 0 Å². The lowest BCUT2D eigenvalue weighted by molar-refractivity contribution is 0.616. The third-order valence-electron chi connectivity index (χ3n) is 2.15. The summed E-state index contributed by atoms with van der Waals surface area (Å²) in [6, 6.07) is 0. The molecule has 6 heteroatoms. The van der Waals surface area contributed by atoms with E-state index in [1.807, 2.05) is 18.7 Å². The molecule has 0 aromatic carbocycles. The van der Waals surface area contributed by atoms with Crippen LogP contribution in [0.3, 0.4) is 0 Å². The molecule has 96 valence electrons. The highest BCUT2D eigenvalue weighted by Crippen LogP contribution is 2.12. The van der Waals surface area contributed by atoms with E-state index >= 15 is 0 Å². The van der Waals surface area contributed by atoms with Gasteiger partial charge in [0.15, 0.2) is 11.6 Å². The van der Waals surface area contributed by atoms with Crippen LogP contribution in [0.2, 0.25) is 0 Å². The maximum atomic E-state index is 13.4. The predicted octanol–water partition coefficient (Wildman–Crippen LogP) is 2.60. The van der Waals surface area contributed by atoms with Crippen LogP contribution in [0.25, 0.3) is 0 Å². The van der Waals surface area contributed by atoms with E-state index in [4.69, 9.17) is 0 Å². The number of unbranched alkanes of at least 4 members (excludes halogenated alkanes) is 1. The Balaban J connectivity index is 2.42. The van der Waals surface area contributed by atoms with E-state index in [0.717, 1.165) is 31.7 Å². The van der Waals surface area contributed by atoms with Crippen LogP contribution in [0.1, 0.15) is 19.8 Å². The molecular formula is C11H19FN4S. The van der Waals surface area contributed by atoms with E-state index in [9.17, 15) is 4.39 Å². The molecule has 1 aromatic rings. The molecule has 0 aliphatic carbocycles. The number of rotatable bonds is 8. The molecule has 0 spiro atoms. The number of aromatic nitrogens is 2. The lowest BCUT2D eigenvalue weighted by Gasteiger charge is -2.08. The number of hydrogen-bond donors (Lipinski definition) is 2. The first-order valence-electron chi connectivity index (χ1n) is 5.77. The topological polar surface area (TPSA) is 49.8 Å². The fraction of sp³-hybridized carbons (Fsp3) is 0.636. The van der Waals surface area contributed by atoms with Crippen LogP contribution < -0.4 is 10.6 Å². The molecule has 17 heavy (non-hydrogen) atoms. The third-order valence-corrected chi connectivity index (χ3v) is 2.84. The zero-order valence-electron chi connectivity index (χ0n) is 10.3. The summed E-state index contributed by atoms with van der Waals surface area (Å²) in [7, 11) is 0. The summed E-state index contributed by atoms with van der Waals surface area (Å²) in [6.07, 6.45) is 5.41. The van der Waals surface area contributed by atoms with E-state index in [0.29, 0.717) is 5.95 Å². The predicted molar refractivity (Wildman–Crippen MR) is 72.3 cm³/mol. The average molecular weight is 258 g/mol. The Morgan fingerprint density at radius 3 is 2.88 bits per heavy atom. The molecule has 0 unspecified atom stereocenters. The molecule has 1 heterocycles. The molecule has 1 aromatic heterocycles. The molecule has 0 radical (unpaired) electrons. The van der Waals surface area contributed by atoms with Crippen molar-refractivity contribution in [2.45, 2.75) is 19.8 Å². The van der Waals surface area contributed by atoms with Crippen molar-refractivity contribution in [3.05, 3.63) is 12.0 Å². The minimum absolute atomic E-state index is 0.278. The zero-order valence-corrected chi connectivity index (χ0v) is 11.1. The largest absolute Gasteiger partial charge is 0.367 e. The number of nitrogens with one attached hydrogen (secondary N) is 2. The second-order valence-electron chi connectivity index (χ2n) is 3.55. The molecule has 0 bridgehead atoms. The average Bonchev–Trinajstić information content (AvgIpc) is 2.33. The summed E-state index contributed by atoms with van der Waals surface area (Å²) in [5, 5.41) is 5.95. The smallest absolute Gasteiger partial charge is 0.224 e. The van der Waals surface area contributed by atoms with E-state index in [2.05, 4.69) is 26.9 Å². The number of hydrogen-bond acceptors (Lipinski definition) is 5. The maximum Gasteiger partial charge on any atom is 0.224 e. The Morgan fingerprint density at radius 1 is 1.35 bits per heavy atom. The van der Waals surface area contributed by atoms with Crippen LogP contribution in [0.5, 0.6) is 0 Å². The van der Waals surface area contributed by atoms with E-state index < -0.39 is 5.82 Å². The minimum Gasteiger partial charge on any atom is -0.367 e. The van der Waals surface area contributed by atoms with Crippen LogP contribution in [0, 0.1) is 5.82 Å². The molecule has 0 saturated carbocycles. The maximum absolute atomic E-state index is 13.4. The highest BCUT2D eigenvalue weighted by Gasteiger charge is 2.05. The Kier molecular flexibility index (Phi) is 6.69. The summed E-state index contributed by atoms with van der Waals surface area (Å²) in [5.74, 6) is 1.47. The van der Waals surface area contributed by atoms with Crippen LogP contribution in [0.4, 0.5) is 16.2 Å². The number of anilines is 2. The van der Waals surface area contributed by atoms with E-state index in [1.54, 1.807) is 0 Å². The second kappa shape index (κ2) is 8.11. The van der Waals surface area contributed by atoms with Crippen molar-refractivity contribution in [2.75, 3.05) is 35.7 Å². The Morgan fingerprint density at radius 2 is 2.18 bits per heavy atom. The van der Waals surface area contributed by atoms with Crippen molar-refractivity contribution >= 4 is 23.5 Å². The van der Waals surface area contributed by atoms with Crippen molar-refractivity contribution in [1.82, 2.24) is 9.97 Å². The summed E-state index contributed by atoms with van der Waals surface area (Å²) in [5.41, 5.74) is 0. The van der Waals surface area contributed by atoms with E-state index in [1.165, 1.54) is 6.20 Å². The number of thioether (sulfide) groups is 1. The van der Waals surface area contributed by atoms with Crippen molar-refractivity contribution in [2.24, 2.45) is 0 Å². The van der Waals surface area contributed by atoms with Crippen molar-refractivity contribution < 1.29 is 4.39 Å². The first-order valence-corrected chi connectivity index (χ1v) is 7.16. The van der Waals surface area contributed by atoms with Gasteiger partial charge in [0.1, 0.15) is 0 Å². The summed E-state index contributed by atoms with van der Waals surface area (Å²) in [6.45, 7) is 3.40. The van der Waals surface area contributed by atoms with Crippen LogP contribution in [0.15, 0.2) is 6.20 Å². The van der Waals surface area contributed by atoms with Crippen molar-refractivity contribution in [3.63, 3.8) is 0 Å². The molecule has 0 fully saturated rings.